The molecule has 0 aliphatic carbocycles. The summed E-state index contributed by atoms with van der Waals surface area (Å²) in [6.07, 6.45) is 1.37. The van der Waals surface area contributed by atoms with Crippen molar-refractivity contribution in [2.75, 3.05) is 38.5 Å². The summed E-state index contributed by atoms with van der Waals surface area (Å²) < 4.78 is 6.60. The van der Waals surface area contributed by atoms with Gasteiger partial charge in [0, 0.05) is 38.4 Å². The molecule has 11 heteroatoms. The number of ether oxygens (including phenoxy) is 1. The second-order valence-electron chi connectivity index (χ2n) is 6.44. The molecule has 1 atom stereocenters. The summed E-state index contributed by atoms with van der Waals surface area (Å²) in [6, 6.07) is -0.222. The van der Waals surface area contributed by atoms with Crippen LogP contribution >= 0.6 is 11.8 Å². The number of carbonyl (C=O) groups is 2. The standard InChI is InChI=1S/C16H20N6O4S/c1-2-26-16(25)21-5-3-20(4-6-21)12(23)7-10-9-27-15-18-13-11(8-17-19-13)14(24)22(10)15/h8,10H,2-7,9H2,1H3,(H,17,19). The van der Waals surface area contributed by atoms with Crippen LogP contribution in [0.15, 0.2) is 16.1 Å². The summed E-state index contributed by atoms with van der Waals surface area (Å²) in [5.74, 6) is 0.618. The van der Waals surface area contributed by atoms with Crippen molar-refractivity contribution in [3.05, 3.63) is 16.6 Å². The fourth-order valence-electron chi connectivity index (χ4n) is 3.39. The number of fused-ring (bicyclic) bond motifs is 2. The predicted molar refractivity (Wildman–Crippen MR) is 97.7 cm³/mol. The van der Waals surface area contributed by atoms with Crippen molar-refractivity contribution in [2.45, 2.75) is 24.5 Å². The van der Waals surface area contributed by atoms with Gasteiger partial charge in [0.2, 0.25) is 5.91 Å². The average Bonchev–Trinajstić information content (AvgIpc) is 3.30. The lowest BCUT2D eigenvalue weighted by molar-refractivity contribution is -0.133. The minimum absolute atomic E-state index is 0.0175. The van der Waals surface area contributed by atoms with Crippen LogP contribution in [-0.4, -0.2) is 80.1 Å². The van der Waals surface area contributed by atoms with Crippen LogP contribution in [0.4, 0.5) is 4.79 Å². The van der Waals surface area contributed by atoms with Gasteiger partial charge in [-0.05, 0) is 6.92 Å². The number of hydrogen-bond acceptors (Lipinski definition) is 7. The van der Waals surface area contributed by atoms with Crippen LogP contribution in [-0.2, 0) is 9.53 Å². The second kappa shape index (κ2) is 7.22. The molecule has 2 aromatic rings. The Kier molecular flexibility index (Phi) is 4.77. The summed E-state index contributed by atoms with van der Waals surface area (Å²) in [6.45, 7) is 3.96. The third-order valence-electron chi connectivity index (χ3n) is 4.82. The highest BCUT2D eigenvalue weighted by Gasteiger charge is 2.31. The highest BCUT2D eigenvalue weighted by molar-refractivity contribution is 7.99. The Balaban J connectivity index is 1.42. The molecule has 0 radical (unpaired) electrons. The topological polar surface area (TPSA) is 113 Å². The summed E-state index contributed by atoms with van der Waals surface area (Å²) in [4.78, 5) is 44.9. The number of aromatic amines is 1. The largest absolute Gasteiger partial charge is 0.450 e. The first-order valence-corrected chi connectivity index (χ1v) is 9.85. The van der Waals surface area contributed by atoms with Gasteiger partial charge < -0.3 is 14.5 Å². The zero-order valence-corrected chi connectivity index (χ0v) is 15.7. The maximum absolute atomic E-state index is 12.7. The lowest BCUT2D eigenvalue weighted by Crippen LogP contribution is -2.51. The van der Waals surface area contributed by atoms with Crippen LogP contribution in [0.3, 0.4) is 0 Å². The zero-order chi connectivity index (χ0) is 19.0. The fourth-order valence-corrected chi connectivity index (χ4v) is 4.53. The SMILES string of the molecule is CCOC(=O)N1CCN(C(=O)CC2CSc3nc4[nH]ncc4c(=O)n32)CC1. The molecule has 1 saturated heterocycles. The van der Waals surface area contributed by atoms with Gasteiger partial charge in [-0.15, -0.1) is 0 Å². The first kappa shape index (κ1) is 17.8. The monoisotopic (exact) mass is 392 g/mol. The Hall–Kier alpha value is -2.56. The molecule has 2 aliphatic rings. The Labute approximate surface area is 158 Å². The van der Waals surface area contributed by atoms with E-state index < -0.39 is 0 Å². The Morgan fingerprint density at radius 2 is 2.04 bits per heavy atom. The van der Waals surface area contributed by atoms with Gasteiger partial charge in [-0.2, -0.15) is 5.10 Å². The number of rotatable bonds is 3. The molecule has 27 heavy (non-hydrogen) atoms. The lowest BCUT2D eigenvalue weighted by atomic mass is 10.2. The number of piperazine rings is 1. The van der Waals surface area contributed by atoms with E-state index in [1.807, 2.05) is 0 Å². The minimum Gasteiger partial charge on any atom is -0.450 e. The Morgan fingerprint density at radius 3 is 2.78 bits per heavy atom. The van der Waals surface area contributed by atoms with Crippen molar-refractivity contribution in [2.24, 2.45) is 0 Å². The van der Waals surface area contributed by atoms with E-state index in [0.717, 1.165) is 0 Å². The zero-order valence-electron chi connectivity index (χ0n) is 14.9. The van der Waals surface area contributed by atoms with Gasteiger partial charge in [-0.1, -0.05) is 11.8 Å². The van der Waals surface area contributed by atoms with Crippen LogP contribution < -0.4 is 5.56 Å². The van der Waals surface area contributed by atoms with Crippen molar-refractivity contribution < 1.29 is 14.3 Å². The maximum atomic E-state index is 12.7. The first-order chi connectivity index (χ1) is 13.1. The normalized spacial score (nSPS) is 19.4. The highest BCUT2D eigenvalue weighted by Crippen LogP contribution is 2.33. The van der Waals surface area contributed by atoms with E-state index >= 15 is 0 Å². The van der Waals surface area contributed by atoms with Gasteiger partial charge in [0.25, 0.3) is 5.56 Å². The molecule has 1 unspecified atom stereocenters. The van der Waals surface area contributed by atoms with E-state index in [-0.39, 0.29) is 30.0 Å². The van der Waals surface area contributed by atoms with Crippen molar-refractivity contribution in [1.29, 1.82) is 0 Å². The lowest BCUT2D eigenvalue weighted by Gasteiger charge is -2.34. The first-order valence-electron chi connectivity index (χ1n) is 8.86. The van der Waals surface area contributed by atoms with E-state index in [2.05, 4.69) is 15.2 Å². The Bertz CT molecular complexity index is 933. The van der Waals surface area contributed by atoms with Gasteiger partial charge in [0.15, 0.2) is 10.8 Å². The summed E-state index contributed by atoms with van der Waals surface area (Å²) in [5.41, 5.74) is 0.305. The smallest absolute Gasteiger partial charge is 0.409 e. The molecule has 1 N–H and O–H groups in total. The van der Waals surface area contributed by atoms with E-state index in [4.69, 9.17) is 4.74 Å². The van der Waals surface area contributed by atoms with Gasteiger partial charge >= 0.3 is 6.09 Å². The molecular formula is C16H20N6O4S. The van der Waals surface area contributed by atoms with Crippen LogP contribution in [0.5, 0.6) is 0 Å². The van der Waals surface area contributed by atoms with E-state index in [1.165, 1.54) is 18.0 Å². The molecule has 144 valence electrons. The summed E-state index contributed by atoms with van der Waals surface area (Å²) >= 11 is 1.47. The van der Waals surface area contributed by atoms with Gasteiger partial charge in [-0.25, -0.2) is 9.78 Å². The molecule has 0 spiro atoms. The number of thioether (sulfide) groups is 1. The van der Waals surface area contributed by atoms with Crippen LogP contribution in [0.25, 0.3) is 11.0 Å². The number of hydrogen-bond donors (Lipinski definition) is 1. The molecular weight excluding hydrogens is 372 g/mol. The van der Waals surface area contributed by atoms with Gasteiger partial charge in [0.05, 0.1) is 18.8 Å². The van der Waals surface area contributed by atoms with Crippen LogP contribution in [0, 0.1) is 0 Å². The quantitative estimate of drug-likeness (QED) is 0.755. The number of H-pyrrole nitrogens is 1. The molecule has 1 fully saturated rings. The minimum atomic E-state index is -0.340. The van der Waals surface area contributed by atoms with Crippen molar-refractivity contribution >= 4 is 34.8 Å². The van der Waals surface area contributed by atoms with Crippen LogP contribution in [0.1, 0.15) is 19.4 Å². The number of nitrogens with zero attached hydrogens (tertiary/aromatic N) is 5. The Morgan fingerprint density at radius 1 is 1.30 bits per heavy atom. The molecule has 2 amide bonds. The van der Waals surface area contributed by atoms with Crippen molar-refractivity contribution in [3.63, 3.8) is 0 Å². The summed E-state index contributed by atoms with van der Waals surface area (Å²) in [7, 11) is 0. The van der Waals surface area contributed by atoms with Crippen LogP contribution in [0.2, 0.25) is 0 Å². The number of aromatic nitrogens is 4. The second-order valence-corrected chi connectivity index (χ2v) is 7.42. The molecule has 0 aromatic carbocycles. The molecule has 2 aromatic heterocycles. The molecule has 0 saturated carbocycles. The van der Waals surface area contributed by atoms with E-state index in [9.17, 15) is 14.4 Å². The van der Waals surface area contributed by atoms with Crippen molar-refractivity contribution in [3.8, 4) is 0 Å². The molecule has 2 aliphatic heterocycles. The molecule has 0 bridgehead atoms. The molecule has 10 nitrogen and oxygen atoms in total. The van der Waals surface area contributed by atoms with Gasteiger partial charge in [-0.3, -0.25) is 19.3 Å². The number of amides is 2. The van der Waals surface area contributed by atoms with E-state index in [1.54, 1.807) is 21.3 Å². The van der Waals surface area contributed by atoms with Gasteiger partial charge in [0.1, 0.15) is 5.39 Å². The van der Waals surface area contributed by atoms with Crippen molar-refractivity contribution in [1.82, 2.24) is 29.5 Å². The fraction of sp³-hybridized carbons (Fsp3) is 0.562. The molecule has 4 rings (SSSR count). The van der Waals surface area contributed by atoms with E-state index in [0.29, 0.717) is 54.7 Å². The summed E-state index contributed by atoms with van der Waals surface area (Å²) in [5, 5.41) is 7.63. The average molecular weight is 392 g/mol. The third kappa shape index (κ3) is 3.27. The number of nitrogens with one attached hydrogen (secondary N) is 1. The molecule has 4 heterocycles. The predicted octanol–water partition coefficient (Wildman–Crippen LogP) is 0.457. The third-order valence-corrected chi connectivity index (χ3v) is 5.92. The maximum Gasteiger partial charge on any atom is 0.409 e. The highest BCUT2D eigenvalue weighted by atomic mass is 32.2. The number of carbonyl (C=O) groups excluding carboxylic acids is 2.